The highest BCUT2D eigenvalue weighted by atomic mass is 32.2. The van der Waals surface area contributed by atoms with E-state index in [9.17, 15) is 9.59 Å². The van der Waals surface area contributed by atoms with E-state index in [-0.39, 0.29) is 5.91 Å². The molecule has 1 spiro atoms. The third-order valence-electron chi connectivity index (χ3n) is 6.60. The molecule has 0 bridgehead atoms. The Morgan fingerprint density at radius 1 is 1.12 bits per heavy atom. The molecular formula is C27H36N4O2S. The van der Waals surface area contributed by atoms with Gasteiger partial charge in [-0.2, -0.15) is 0 Å². The topological polar surface area (TPSA) is 73.8 Å². The summed E-state index contributed by atoms with van der Waals surface area (Å²) in [6, 6.07) is 12.2. The number of aryl methyl sites for hydroxylation is 3. The molecule has 1 saturated heterocycles. The maximum atomic E-state index is 12.9. The van der Waals surface area contributed by atoms with Crippen molar-refractivity contribution in [3.05, 3.63) is 64.2 Å². The first-order valence-electron chi connectivity index (χ1n) is 12.1. The van der Waals surface area contributed by atoms with Gasteiger partial charge in [0, 0.05) is 30.1 Å². The zero-order valence-electron chi connectivity index (χ0n) is 20.9. The number of anilines is 1. The highest BCUT2D eigenvalue weighted by Crippen LogP contribution is 2.34. The first kappa shape index (κ1) is 26.0. The van der Waals surface area contributed by atoms with E-state index >= 15 is 0 Å². The molecule has 7 heteroatoms. The van der Waals surface area contributed by atoms with Crippen molar-refractivity contribution >= 4 is 35.8 Å². The van der Waals surface area contributed by atoms with Gasteiger partial charge < -0.3 is 10.6 Å². The van der Waals surface area contributed by atoms with E-state index in [0.717, 1.165) is 55.2 Å². The summed E-state index contributed by atoms with van der Waals surface area (Å²) < 4.78 is 2.36. The normalized spacial score (nSPS) is 17.0. The van der Waals surface area contributed by atoms with Gasteiger partial charge in [0.15, 0.2) is 0 Å². The number of carbonyl (C=O) groups excluding carboxylic acids is 2. The van der Waals surface area contributed by atoms with Crippen molar-refractivity contribution < 1.29 is 9.59 Å². The van der Waals surface area contributed by atoms with Crippen LogP contribution in [0, 0.1) is 20.8 Å². The summed E-state index contributed by atoms with van der Waals surface area (Å²) >= 11 is 1.84. The largest absolute Gasteiger partial charge is 0.329 e. The summed E-state index contributed by atoms with van der Waals surface area (Å²) in [6.07, 6.45) is 3.15. The summed E-state index contributed by atoms with van der Waals surface area (Å²) in [5.74, 6) is 1.75. The van der Waals surface area contributed by atoms with E-state index in [0.29, 0.717) is 6.41 Å². The molecule has 0 aliphatic carbocycles. The van der Waals surface area contributed by atoms with E-state index < -0.39 is 5.54 Å². The number of rotatable bonds is 7. The van der Waals surface area contributed by atoms with Crippen molar-refractivity contribution in [3.63, 3.8) is 0 Å². The molecule has 2 heterocycles. The Hall–Kier alpha value is -2.64. The van der Waals surface area contributed by atoms with Crippen LogP contribution in [0.15, 0.2) is 41.4 Å². The Bertz CT molecular complexity index is 1060. The molecule has 2 aliphatic rings. The lowest BCUT2D eigenvalue weighted by Crippen LogP contribution is -2.47. The van der Waals surface area contributed by atoms with Gasteiger partial charge in [-0.05, 0) is 74.4 Å². The number of hydrogen-bond acceptors (Lipinski definition) is 5. The highest BCUT2D eigenvalue weighted by molar-refractivity contribution is 7.97. The highest BCUT2D eigenvalue weighted by Gasteiger charge is 2.46. The van der Waals surface area contributed by atoms with Crippen LogP contribution in [0.25, 0.3) is 0 Å². The summed E-state index contributed by atoms with van der Waals surface area (Å²) in [4.78, 5) is 28.4. The van der Waals surface area contributed by atoms with E-state index in [1.54, 1.807) is 0 Å². The molecule has 0 aromatic heterocycles. The summed E-state index contributed by atoms with van der Waals surface area (Å²) in [5.41, 5.74) is 6.08. The van der Waals surface area contributed by atoms with E-state index in [1.165, 1.54) is 22.3 Å². The van der Waals surface area contributed by atoms with Crippen LogP contribution in [0.4, 0.5) is 5.69 Å². The molecule has 182 valence electrons. The van der Waals surface area contributed by atoms with Crippen molar-refractivity contribution in [2.45, 2.75) is 59.4 Å². The maximum absolute atomic E-state index is 12.9. The van der Waals surface area contributed by atoms with E-state index in [1.807, 2.05) is 50.1 Å². The fraction of sp³-hybridized carbons (Fsp3) is 0.444. The number of amides is 2. The van der Waals surface area contributed by atoms with Gasteiger partial charge in [-0.25, -0.2) is 0 Å². The predicted octanol–water partition coefficient (Wildman–Crippen LogP) is 4.81. The Kier molecular flexibility index (Phi) is 8.91. The van der Waals surface area contributed by atoms with Crippen LogP contribution >= 0.6 is 11.9 Å². The van der Waals surface area contributed by atoms with Crippen molar-refractivity contribution in [3.8, 4) is 0 Å². The van der Waals surface area contributed by atoms with E-state index in [2.05, 4.69) is 47.8 Å². The molecule has 0 atom stereocenters. The van der Waals surface area contributed by atoms with Gasteiger partial charge in [0.25, 0.3) is 5.91 Å². The van der Waals surface area contributed by atoms with Crippen molar-refractivity contribution in [2.24, 2.45) is 4.99 Å². The molecule has 4 rings (SSSR count). The molecule has 2 aliphatic heterocycles. The lowest BCUT2D eigenvalue weighted by molar-refractivity contribution is -0.124. The molecule has 2 amide bonds. The second kappa shape index (κ2) is 11.7. The van der Waals surface area contributed by atoms with Crippen LogP contribution in [0.2, 0.25) is 0 Å². The lowest BCUT2D eigenvalue weighted by Gasteiger charge is -2.34. The number of carbonyl (C=O) groups is 2. The molecule has 34 heavy (non-hydrogen) atoms. The van der Waals surface area contributed by atoms with E-state index in [4.69, 9.17) is 4.99 Å². The summed E-state index contributed by atoms with van der Waals surface area (Å²) in [5, 5.41) is 5.75. The van der Waals surface area contributed by atoms with Crippen LogP contribution in [0.1, 0.15) is 54.5 Å². The fourth-order valence-electron chi connectivity index (χ4n) is 4.39. The third-order valence-corrected chi connectivity index (χ3v) is 7.72. The number of hydrogen-bond donors (Lipinski definition) is 2. The quantitative estimate of drug-likeness (QED) is 0.441. The Morgan fingerprint density at radius 3 is 2.53 bits per heavy atom. The fourth-order valence-corrected chi connectivity index (χ4v) is 5.40. The Morgan fingerprint density at radius 2 is 1.85 bits per heavy atom. The molecule has 2 aromatic carbocycles. The summed E-state index contributed by atoms with van der Waals surface area (Å²) in [7, 11) is 0. The number of amidine groups is 1. The number of benzene rings is 2. The predicted molar refractivity (Wildman–Crippen MR) is 143 cm³/mol. The zero-order valence-corrected chi connectivity index (χ0v) is 21.7. The van der Waals surface area contributed by atoms with Crippen LogP contribution < -0.4 is 10.6 Å². The second-order valence-corrected chi connectivity index (χ2v) is 9.79. The minimum Gasteiger partial charge on any atom is -0.329 e. The molecule has 0 unspecified atom stereocenters. The van der Waals surface area contributed by atoms with Crippen molar-refractivity contribution in [1.82, 2.24) is 9.62 Å². The molecule has 2 aromatic rings. The van der Waals surface area contributed by atoms with Gasteiger partial charge >= 0.3 is 0 Å². The standard InChI is InChI=1S/C25H30N4O2S.C2H6/c1-17-5-4-6-22(19(17)3)23-27-24(31)25(28-23)10-12-29(13-11-25)32-14-9-20-7-8-21(26-16-30)15-18(20)2;1-2/h4-8,15-16H,9-14H2,1-3H3,(H,26,30)(H,27,28,31);1-2H3. The minimum absolute atomic E-state index is 0.0395. The first-order chi connectivity index (χ1) is 16.4. The van der Waals surface area contributed by atoms with Gasteiger partial charge in [0.05, 0.1) is 0 Å². The average molecular weight is 481 g/mol. The van der Waals surface area contributed by atoms with Crippen LogP contribution in [-0.4, -0.2) is 46.8 Å². The number of aliphatic imine (C=N–C) groups is 1. The third kappa shape index (κ3) is 5.70. The van der Waals surface area contributed by atoms with Crippen molar-refractivity contribution in [2.75, 3.05) is 24.2 Å². The monoisotopic (exact) mass is 480 g/mol. The smallest absolute Gasteiger partial charge is 0.253 e. The van der Waals surface area contributed by atoms with Gasteiger partial charge in [0.1, 0.15) is 11.4 Å². The van der Waals surface area contributed by atoms with Gasteiger partial charge in [-0.1, -0.05) is 50.1 Å². The molecular weight excluding hydrogens is 444 g/mol. The summed E-state index contributed by atoms with van der Waals surface area (Å²) in [6.45, 7) is 11.9. The molecule has 6 nitrogen and oxygen atoms in total. The number of piperidine rings is 1. The van der Waals surface area contributed by atoms with Crippen LogP contribution in [-0.2, 0) is 16.0 Å². The molecule has 2 N–H and O–H groups in total. The average Bonchev–Trinajstić information content (AvgIpc) is 3.15. The number of nitrogens with zero attached hydrogens (tertiary/aromatic N) is 2. The lowest BCUT2D eigenvalue weighted by atomic mass is 9.89. The van der Waals surface area contributed by atoms with Gasteiger partial charge in [-0.3, -0.25) is 18.9 Å². The number of nitrogens with one attached hydrogen (secondary N) is 2. The second-order valence-electron chi connectivity index (χ2n) is 8.61. The Labute approximate surface area is 207 Å². The first-order valence-corrected chi connectivity index (χ1v) is 13.0. The van der Waals surface area contributed by atoms with Crippen LogP contribution in [0.3, 0.4) is 0 Å². The Balaban J connectivity index is 0.00000158. The molecule has 0 radical (unpaired) electrons. The zero-order chi connectivity index (χ0) is 24.7. The minimum atomic E-state index is -0.624. The van der Waals surface area contributed by atoms with Crippen LogP contribution in [0.5, 0.6) is 0 Å². The molecule has 0 saturated carbocycles. The molecule has 1 fully saturated rings. The maximum Gasteiger partial charge on any atom is 0.253 e. The van der Waals surface area contributed by atoms with Gasteiger partial charge in [-0.15, -0.1) is 0 Å². The van der Waals surface area contributed by atoms with Gasteiger partial charge in [0.2, 0.25) is 6.41 Å². The SMILES string of the molecule is CC.Cc1cc(NC=O)ccc1CCSN1CCC2(CC1)N=C(c1cccc(C)c1C)NC2=O. The van der Waals surface area contributed by atoms with Crippen molar-refractivity contribution in [1.29, 1.82) is 0 Å².